The summed E-state index contributed by atoms with van der Waals surface area (Å²) in [6.07, 6.45) is 8.89. The molecule has 2 rings (SSSR count). The van der Waals surface area contributed by atoms with Crippen LogP contribution < -0.4 is 5.32 Å². The predicted octanol–water partition coefficient (Wildman–Crippen LogP) is 3.45. The Morgan fingerprint density at radius 3 is 2.27 bits per heavy atom. The van der Waals surface area contributed by atoms with Gasteiger partial charge in [-0.15, -0.1) is 0 Å². The molecule has 0 amide bonds. The fraction of sp³-hybridized carbons (Fsp3) is 1.00. The summed E-state index contributed by atoms with van der Waals surface area (Å²) in [5.41, 5.74) is 0. The molecule has 1 saturated carbocycles. The predicted molar refractivity (Wildman–Crippen MR) is 65.9 cm³/mol. The Balaban J connectivity index is 1.74. The fourth-order valence-corrected chi connectivity index (χ4v) is 3.46. The van der Waals surface area contributed by atoms with Crippen molar-refractivity contribution in [2.45, 2.75) is 52.4 Å². The summed E-state index contributed by atoms with van der Waals surface area (Å²) >= 11 is 0. The molecule has 88 valence electrons. The van der Waals surface area contributed by atoms with Gasteiger partial charge >= 0.3 is 0 Å². The van der Waals surface area contributed by atoms with Gasteiger partial charge in [-0.2, -0.15) is 0 Å². The van der Waals surface area contributed by atoms with Crippen molar-refractivity contribution in [3.8, 4) is 0 Å². The summed E-state index contributed by atoms with van der Waals surface area (Å²) in [4.78, 5) is 0. The Kier molecular flexibility index (Phi) is 4.07. The molecule has 1 N–H and O–H groups in total. The minimum absolute atomic E-state index is 0.977. The molecule has 1 aliphatic heterocycles. The third-order valence-corrected chi connectivity index (χ3v) is 4.83. The quantitative estimate of drug-likeness (QED) is 0.734. The van der Waals surface area contributed by atoms with Gasteiger partial charge in [0, 0.05) is 0 Å². The van der Waals surface area contributed by atoms with E-state index in [2.05, 4.69) is 19.2 Å². The second kappa shape index (κ2) is 5.34. The van der Waals surface area contributed by atoms with Crippen LogP contribution >= 0.6 is 0 Å². The van der Waals surface area contributed by atoms with E-state index in [1.165, 1.54) is 51.6 Å². The Labute approximate surface area is 95.0 Å². The van der Waals surface area contributed by atoms with Crippen molar-refractivity contribution >= 4 is 0 Å². The first kappa shape index (κ1) is 11.4. The summed E-state index contributed by atoms with van der Waals surface area (Å²) in [6.45, 7) is 7.43. The number of hydrogen-bond acceptors (Lipinski definition) is 1. The van der Waals surface area contributed by atoms with Crippen LogP contribution in [0.1, 0.15) is 52.4 Å². The van der Waals surface area contributed by atoms with Gasteiger partial charge in [0.05, 0.1) is 0 Å². The van der Waals surface area contributed by atoms with Crippen LogP contribution in [0.5, 0.6) is 0 Å². The largest absolute Gasteiger partial charge is 0.317 e. The Hall–Kier alpha value is -0.0400. The lowest BCUT2D eigenvalue weighted by atomic mass is 9.72. The van der Waals surface area contributed by atoms with Gasteiger partial charge in [0.15, 0.2) is 0 Å². The first-order chi connectivity index (χ1) is 7.25. The lowest BCUT2D eigenvalue weighted by Gasteiger charge is -2.35. The molecule has 0 aromatic rings. The van der Waals surface area contributed by atoms with Crippen LogP contribution in [-0.2, 0) is 0 Å². The molecule has 2 fully saturated rings. The average Bonchev–Trinajstić information content (AvgIpc) is 2.25. The molecule has 0 aromatic heterocycles. The van der Waals surface area contributed by atoms with Crippen molar-refractivity contribution in [1.82, 2.24) is 5.32 Å². The highest BCUT2D eigenvalue weighted by molar-refractivity contribution is 4.79. The first-order valence-electron chi connectivity index (χ1n) is 6.96. The SMILES string of the molecule is CC1CCC(CC2CCNCC2)CC1C. The number of nitrogens with one attached hydrogen (secondary N) is 1. The number of rotatable bonds is 2. The van der Waals surface area contributed by atoms with Crippen LogP contribution in [0.4, 0.5) is 0 Å². The minimum atomic E-state index is 0.977. The average molecular weight is 209 g/mol. The molecule has 2 aliphatic rings. The van der Waals surface area contributed by atoms with Gasteiger partial charge < -0.3 is 5.32 Å². The van der Waals surface area contributed by atoms with E-state index in [-0.39, 0.29) is 0 Å². The molecule has 1 heteroatoms. The van der Waals surface area contributed by atoms with Crippen LogP contribution in [0.15, 0.2) is 0 Å². The Morgan fingerprint density at radius 2 is 1.60 bits per heavy atom. The maximum absolute atomic E-state index is 3.47. The standard InChI is InChI=1S/C14H27N/c1-11-3-4-14(9-12(11)2)10-13-5-7-15-8-6-13/h11-15H,3-10H2,1-2H3. The van der Waals surface area contributed by atoms with Gasteiger partial charge in [0.1, 0.15) is 0 Å². The normalized spacial score (nSPS) is 39.2. The second-order valence-electron chi connectivity index (χ2n) is 6.06. The molecule has 3 atom stereocenters. The zero-order chi connectivity index (χ0) is 10.7. The zero-order valence-corrected chi connectivity index (χ0v) is 10.5. The van der Waals surface area contributed by atoms with Crippen molar-refractivity contribution in [3.63, 3.8) is 0 Å². The smallest absolute Gasteiger partial charge is 0.00463 e. The van der Waals surface area contributed by atoms with Crippen molar-refractivity contribution in [3.05, 3.63) is 0 Å². The topological polar surface area (TPSA) is 12.0 Å². The molecule has 1 aliphatic carbocycles. The van der Waals surface area contributed by atoms with Crippen LogP contribution in [0.2, 0.25) is 0 Å². The van der Waals surface area contributed by atoms with E-state index in [1.807, 2.05) is 0 Å². The molecule has 0 radical (unpaired) electrons. The van der Waals surface area contributed by atoms with Crippen molar-refractivity contribution in [2.75, 3.05) is 13.1 Å². The lowest BCUT2D eigenvalue weighted by molar-refractivity contribution is 0.172. The molecular weight excluding hydrogens is 182 g/mol. The summed E-state index contributed by atoms with van der Waals surface area (Å²) in [5, 5.41) is 3.47. The summed E-state index contributed by atoms with van der Waals surface area (Å²) < 4.78 is 0. The highest BCUT2D eigenvalue weighted by Gasteiger charge is 2.26. The summed E-state index contributed by atoms with van der Waals surface area (Å²) in [6, 6.07) is 0. The first-order valence-corrected chi connectivity index (χ1v) is 6.96. The molecule has 1 nitrogen and oxygen atoms in total. The minimum Gasteiger partial charge on any atom is -0.317 e. The number of hydrogen-bond donors (Lipinski definition) is 1. The zero-order valence-electron chi connectivity index (χ0n) is 10.5. The molecule has 1 heterocycles. The van der Waals surface area contributed by atoms with Gasteiger partial charge in [-0.25, -0.2) is 0 Å². The molecule has 0 aromatic carbocycles. The molecule has 1 saturated heterocycles. The van der Waals surface area contributed by atoms with Gasteiger partial charge in [0.25, 0.3) is 0 Å². The van der Waals surface area contributed by atoms with E-state index in [4.69, 9.17) is 0 Å². The molecule has 0 spiro atoms. The van der Waals surface area contributed by atoms with E-state index < -0.39 is 0 Å². The van der Waals surface area contributed by atoms with E-state index in [1.54, 1.807) is 0 Å². The van der Waals surface area contributed by atoms with Crippen LogP contribution in [0.3, 0.4) is 0 Å². The Bertz CT molecular complexity index is 184. The lowest BCUT2D eigenvalue weighted by Crippen LogP contribution is -2.30. The maximum Gasteiger partial charge on any atom is -0.00463 e. The monoisotopic (exact) mass is 209 g/mol. The molecule has 0 bridgehead atoms. The number of piperidine rings is 1. The third-order valence-electron chi connectivity index (χ3n) is 4.83. The van der Waals surface area contributed by atoms with E-state index in [0.29, 0.717) is 0 Å². The molecule has 3 unspecified atom stereocenters. The van der Waals surface area contributed by atoms with E-state index in [0.717, 1.165) is 23.7 Å². The second-order valence-corrected chi connectivity index (χ2v) is 6.06. The third kappa shape index (κ3) is 3.21. The van der Waals surface area contributed by atoms with Gasteiger partial charge in [0.2, 0.25) is 0 Å². The van der Waals surface area contributed by atoms with Crippen LogP contribution in [0.25, 0.3) is 0 Å². The van der Waals surface area contributed by atoms with Crippen molar-refractivity contribution in [1.29, 1.82) is 0 Å². The fourth-order valence-electron chi connectivity index (χ4n) is 3.46. The van der Waals surface area contributed by atoms with Gasteiger partial charge in [-0.3, -0.25) is 0 Å². The highest BCUT2D eigenvalue weighted by atomic mass is 14.9. The molecule has 15 heavy (non-hydrogen) atoms. The maximum atomic E-state index is 3.47. The highest BCUT2D eigenvalue weighted by Crippen LogP contribution is 2.37. The van der Waals surface area contributed by atoms with Gasteiger partial charge in [-0.05, 0) is 62.4 Å². The molecular formula is C14H27N. The van der Waals surface area contributed by atoms with E-state index in [9.17, 15) is 0 Å². The van der Waals surface area contributed by atoms with Crippen LogP contribution in [0, 0.1) is 23.7 Å². The Morgan fingerprint density at radius 1 is 0.867 bits per heavy atom. The summed E-state index contributed by atoms with van der Waals surface area (Å²) in [7, 11) is 0. The summed E-state index contributed by atoms with van der Waals surface area (Å²) in [5.74, 6) is 4.05. The van der Waals surface area contributed by atoms with Gasteiger partial charge in [-0.1, -0.05) is 26.7 Å². The van der Waals surface area contributed by atoms with Crippen LogP contribution in [-0.4, -0.2) is 13.1 Å². The van der Waals surface area contributed by atoms with Crippen molar-refractivity contribution < 1.29 is 0 Å². The van der Waals surface area contributed by atoms with Crippen molar-refractivity contribution in [2.24, 2.45) is 23.7 Å². The van der Waals surface area contributed by atoms with E-state index >= 15 is 0 Å².